The molecule has 0 spiro atoms. The van der Waals surface area contributed by atoms with Crippen LogP contribution in [0.5, 0.6) is 0 Å². The molecule has 1 aliphatic rings. The maximum absolute atomic E-state index is 11.6. The normalized spacial score (nSPS) is 16.9. The number of hydrogen-bond acceptors (Lipinski definition) is 3. The Bertz CT molecular complexity index is 373. The van der Waals surface area contributed by atoms with Crippen LogP contribution in [0.25, 0.3) is 0 Å². The summed E-state index contributed by atoms with van der Waals surface area (Å²) in [5.41, 5.74) is 1.18. The molecule has 86 valence electrons. The summed E-state index contributed by atoms with van der Waals surface area (Å²) in [5, 5.41) is 0. The molecule has 0 bridgehead atoms. The third-order valence-corrected chi connectivity index (χ3v) is 2.70. The van der Waals surface area contributed by atoms with Gasteiger partial charge in [0.05, 0.1) is 13.2 Å². The molecule has 1 aromatic rings. The van der Waals surface area contributed by atoms with E-state index < -0.39 is 0 Å². The number of carbonyl (C=O) groups excluding carboxylic acids is 1. The molecule has 1 saturated heterocycles. The van der Waals surface area contributed by atoms with Gasteiger partial charge in [-0.1, -0.05) is 19.9 Å². The molecule has 0 saturated carbocycles. The predicted molar refractivity (Wildman–Crippen MR) is 61.5 cm³/mol. The van der Waals surface area contributed by atoms with E-state index in [4.69, 9.17) is 4.74 Å². The van der Waals surface area contributed by atoms with Gasteiger partial charge in [0.15, 0.2) is 0 Å². The minimum Gasteiger partial charge on any atom is -0.370 e. The molecule has 1 aromatic heterocycles. The van der Waals surface area contributed by atoms with Crippen molar-refractivity contribution < 1.29 is 9.53 Å². The molecule has 1 fully saturated rings. The number of carbonyl (C=O) groups is 1. The third-order valence-electron chi connectivity index (χ3n) is 2.70. The molecule has 0 aromatic carbocycles. The van der Waals surface area contributed by atoms with E-state index in [2.05, 4.69) is 18.8 Å². The summed E-state index contributed by atoms with van der Waals surface area (Å²) in [6, 6.07) is 3.92. The first kappa shape index (κ1) is 11.1. The topological polar surface area (TPSA) is 42.4 Å². The Hall–Kier alpha value is -1.42. The fourth-order valence-corrected chi connectivity index (χ4v) is 1.66. The van der Waals surface area contributed by atoms with Crippen molar-refractivity contribution in [1.82, 2.24) is 4.98 Å². The maximum Gasteiger partial charge on any atom is 0.254 e. The number of pyridine rings is 1. The third kappa shape index (κ3) is 2.22. The highest BCUT2D eigenvalue weighted by Crippen LogP contribution is 2.18. The van der Waals surface area contributed by atoms with Crippen LogP contribution >= 0.6 is 0 Å². The largest absolute Gasteiger partial charge is 0.370 e. The Morgan fingerprint density at radius 2 is 2.25 bits per heavy atom. The molecule has 2 heterocycles. The second kappa shape index (κ2) is 4.61. The standard InChI is InChI=1S/C12H16N2O2/c1-9(2)10-3-4-11(13-7-10)14-5-6-16-8-12(14)15/h3-4,7,9H,5-6,8H2,1-2H3. The monoisotopic (exact) mass is 220 g/mol. The van der Waals surface area contributed by atoms with E-state index in [0.717, 1.165) is 5.82 Å². The quantitative estimate of drug-likeness (QED) is 0.759. The lowest BCUT2D eigenvalue weighted by atomic mass is 10.1. The van der Waals surface area contributed by atoms with Crippen LogP contribution in [0.1, 0.15) is 25.3 Å². The van der Waals surface area contributed by atoms with Crippen LogP contribution in [0.15, 0.2) is 18.3 Å². The Balaban J connectivity index is 2.17. The van der Waals surface area contributed by atoms with E-state index in [1.165, 1.54) is 5.56 Å². The fourth-order valence-electron chi connectivity index (χ4n) is 1.66. The number of amides is 1. The van der Waals surface area contributed by atoms with Crippen molar-refractivity contribution in [2.75, 3.05) is 24.7 Å². The molecule has 0 N–H and O–H groups in total. The lowest BCUT2D eigenvalue weighted by molar-refractivity contribution is -0.125. The van der Waals surface area contributed by atoms with Crippen LogP contribution < -0.4 is 4.90 Å². The van der Waals surface area contributed by atoms with Gasteiger partial charge in [-0.05, 0) is 17.5 Å². The molecule has 2 rings (SSSR count). The van der Waals surface area contributed by atoms with Crippen molar-refractivity contribution in [2.24, 2.45) is 0 Å². The number of morpholine rings is 1. The zero-order chi connectivity index (χ0) is 11.5. The lowest BCUT2D eigenvalue weighted by Gasteiger charge is -2.25. The van der Waals surface area contributed by atoms with E-state index in [-0.39, 0.29) is 12.5 Å². The van der Waals surface area contributed by atoms with Gasteiger partial charge in [0, 0.05) is 6.20 Å². The zero-order valence-corrected chi connectivity index (χ0v) is 9.64. The molecule has 0 radical (unpaired) electrons. The second-order valence-corrected chi connectivity index (χ2v) is 4.20. The first-order valence-corrected chi connectivity index (χ1v) is 5.52. The second-order valence-electron chi connectivity index (χ2n) is 4.20. The molecule has 1 aliphatic heterocycles. The van der Waals surface area contributed by atoms with Gasteiger partial charge in [-0.2, -0.15) is 0 Å². The predicted octanol–water partition coefficient (Wildman–Crippen LogP) is 1.57. The molecule has 0 aliphatic carbocycles. The van der Waals surface area contributed by atoms with Crippen molar-refractivity contribution in [2.45, 2.75) is 19.8 Å². The van der Waals surface area contributed by atoms with Crippen molar-refractivity contribution in [1.29, 1.82) is 0 Å². The Kier molecular flexibility index (Phi) is 3.19. The SMILES string of the molecule is CC(C)c1ccc(N2CCOCC2=O)nc1. The van der Waals surface area contributed by atoms with E-state index in [1.54, 1.807) is 4.90 Å². The van der Waals surface area contributed by atoms with E-state index in [1.807, 2.05) is 18.3 Å². The van der Waals surface area contributed by atoms with E-state index in [0.29, 0.717) is 19.1 Å². The Morgan fingerprint density at radius 3 is 2.81 bits per heavy atom. The number of anilines is 1. The summed E-state index contributed by atoms with van der Waals surface area (Å²) >= 11 is 0. The summed E-state index contributed by atoms with van der Waals surface area (Å²) in [5.74, 6) is 1.16. The summed E-state index contributed by atoms with van der Waals surface area (Å²) in [7, 11) is 0. The molecular weight excluding hydrogens is 204 g/mol. The van der Waals surface area contributed by atoms with Gasteiger partial charge in [-0.25, -0.2) is 4.98 Å². The van der Waals surface area contributed by atoms with E-state index in [9.17, 15) is 4.79 Å². The van der Waals surface area contributed by atoms with Crippen LogP contribution in [0, 0.1) is 0 Å². The molecule has 1 amide bonds. The zero-order valence-electron chi connectivity index (χ0n) is 9.64. The van der Waals surface area contributed by atoms with Crippen LogP contribution in [-0.2, 0) is 9.53 Å². The van der Waals surface area contributed by atoms with Gasteiger partial charge in [-0.15, -0.1) is 0 Å². The van der Waals surface area contributed by atoms with Crippen LogP contribution in [0.4, 0.5) is 5.82 Å². The summed E-state index contributed by atoms with van der Waals surface area (Å²) < 4.78 is 5.08. The minimum absolute atomic E-state index is 0.0175. The van der Waals surface area contributed by atoms with Crippen LogP contribution in [0.3, 0.4) is 0 Å². The molecule has 0 unspecified atom stereocenters. The maximum atomic E-state index is 11.6. The number of nitrogens with zero attached hydrogens (tertiary/aromatic N) is 2. The van der Waals surface area contributed by atoms with Crippen LogP contribution in [0.2, 0.25) is 0 Å². The van der Waals surface area contributed by atoms with Crippen molar-refractivity contribution in [3.8, 4) is 0 Å². The highest BCUT2D eigenvalue weighted by molar-refractivity contribution is 5.93. The number of rotatable bonds is 2. The molecular formula is C12H16N2O2. The number of aromatic nitrogens is 1. The molecule has 4 heteroatoms. The Morgan fingerprint density at radius 1 is 1.44 bits per heavy atom. The number of ether oxygens (including phenoxy) is 1. The molecule has 16 heavy (non-hydrogen) atoms. The molecule has 4 nitrogen and oxygen atoms in total. The Labute approximate surface area is 95.2 Å². The van der Waals surface area contributed by atoms with Crippen LogP contribution in [-0.4, -0.2) is 30.6 Å². The average molecular weight is 220 g/mol. The lowest BCUT2D eigenvalue weighted by Crippen LogP contribution is -2.42. The average Bonchev–Trinajstić information content (AvgIpc) is 2.30. The summed E-state index contributed by atoms with van der Waals surface area (Å²) in [6.07, 6.45) is 1.84. The van der Waals surface area contributed by atoms with Gasteiger partial charge in [0.2, 0.25) is 0 Å². The number of hydrogen-bond donors (Lipinski definition) is 0. The van der Waals surface area contributed by atoms with Gasteiger partial charge in [0.25, 0.3) is 5.91 Å². The van der Waals surface area contributed by atoms with Gasteiger partial charge < -0.3 is 4.74 Å². The van der Waals surface area contributed by atoms with Gasteiger partial charge >= 0.3 is 0 Å². The molecule has 0 atom stereocenters. The van der Waals surface area contributed by atoms with Gasteiger partial charge in [0.1, 0.15) is 12.4 Å². The smallest absolute Gasteiger partial charge is 0.254 e. The van der Waals surface area contributed by atoms with Crippen molar-refractivity contribution in [3.63, 3.8) is 0 Å². The van der Waals surface area contributed by atoms with Gasteiger partial charge in [-0.3, -0.25) is 9.69 Å². The highest BCUT2D eigenvalue weighted by atomic mass is 16.5. The van der Waals surface area contributed by atoms with Crippen molar-refractivity contribution >= 4 is 11.7 Å². The van der Waals surface area contributed by atoms with Crippen molar-refractivity contribution in [3.05, 3.63) is 23.9 Å². The highest BCUT2D eigenvalue weighted by Gasteiger charge is 2.20. The fraction of sp³-hybridized carbons (Fsp3) is 0.500. The first-order valence-electron chi connectivity index (χ1n) is 5.52. The minimum atomic E-state index is -0.0175. The first-order chi connectivity index (χ1) is 7.68. The van der Waals surface area contributed by atoms with E-state index >= 15 is 0 Å². The summed E-state index contributed by atoms with van der Waals surface area (Å²) in [4.78, 5) is 17.6. The summed E-state index contributed by atoms with van der Waals surface area (Å²) in [6.45, 7) is 5.58.